The largest absolute Gasteiger partial charge is 1.00 e. The molecule has 54 valence electrons. The van der Waals surface area contributed by atoms with Gasteiger partial charge in [-0.1, -0.05) is 20.8 Å². The van der Waals surface area contributed by atoms with Crippen LogP contribution in [0.15, 0.2) is 24.3 Å². The Bertz CT molecular complexity index is 196. The fourth-order valence-electron chi connectivity index (χ4n) is 0.887. The maximum Gasteiger partial charge on any atom is 1.00 e. The molecule has 0 aliphatic carbocycles. The summed E-state index contributed by atoms with van der Waals surface area (Å²) < 4.78 is 0. The minimum absolute atomic E-state index is 0. The molecule has 0 fully saturated rings. The van der Waals surface area contributed by atoms with Gasteiger partial charge >= 0.3 is 58.2 Å². The summed E-state index contributed by atoms with van der Waals surface area (Å²) in [4.78, 5) is 0. The molecule has 0 saturated carbocycles. The van der Waals surface area contributed by atoms with Crippen LogP contribution < -0.4 is 58.2 Å². The van der Waals surface area contributed by atoms with Crippen molar-refractivity contribution in [2.24, 2.45) is 0 Å². The van der Waals surface area contributed by atoms with E-state index in [0.29, 0.717) is 0 Å². The number of hydrogen-bond acceptors (Lipinski definition) is 0. The molecule has 0 saturated heterocycles. The second kappa shape index (κ2) is 4.91. The molecular weight excluding hydrogens is 206 g/mol. The molecule has 0 aliphatic heterocycles. The topological polar surface area (TPSA) is 0 Å². The average Bonchev–Trinajstić information content (AvgIpc) is 1.88. The Morgan fingerprint density at radius 1 is 1.09 bits per heavy atom. The summed E-state index contributed by atoms with van der Waals surface area (Å²) in [7, 11) is 0. The van der Waals surface area contributed by atoms with Gasteiger partial charge in [-0.3, -0.25) is 0 Å². The molecule has 1 rings (SSSR count). The Morgan fingerprint density at radius 2 is 1.55 bits per heavy atom. The van der Waals surface area contributed by atoms with Crippen LogP contribution in [-0.2, 0) is 5.41 Å². The molecule has 0 aliphatic rings. The summed E-state index contributed by atoms with van der Waals surface area (Å²) in [6, 6.07) is 11.1. The molecular formula is C10H13Rb. The summed E-state index contributed by atoms with van der Waals surface area (Å²) in [5.74, 6) is 0. The van der Waals surface area contributed by atoms with Crippen LogP contribution in [0.3, 0.4) is 0 Å². The third kappa shape index (κ3) is 3.98. The molecule has 1 heteroatoms. The fraction of sp³-hybridized carbons (Fsp3) is 0.400. The molecule has 0 radical (unpaired) electrons. The Kier molecular flexibility index (Phi) is 5.37. The van der Waals surface area contributed by atoms with Gasteiger partial charge in [0.25, 0.3) is 0 Å². The average molecular weight is 219 g/mol. The first-order valence-electron chi connectivity index (χ1n) is 3.57. The Morgan fingerprint density at radius 3 is 1.82 bits per heavy atom. The van der Waals surface area contributed by atoms with Crippen molar-refractivity contribution in [1.29, 1.82) is 0 Å². The van der Waals surface area contributed by atoms with E-state index in [1.165, 1.54) is 5.56 Å². The first-order valence-corrected chi connectivity index (χ1v) is 3.57. The number of hydrogen-bond donors (Lipinski definition) is 0. The molecule has 0 atom stereocenters. The van der Waals surface area contributed by atoms with Crippen molar-refractivity contribution in [2.45, 2.75) is 26.2 Å². The van der Waals surface area contributed by atoms with E-state index in [2.05, 4.69) is 39.0 Å². The van der Waals surface area contributed by atoms with Crippen molar-refractivity contribution < 1.29 is 58.2 Å². The van der Waals surface area contributed by atoms with Crippen molar-refractivity contribution in [2.75, 3.05) is 0 Å². The summed E-state index contributed by atoms with van der Waals surface area (Å²) in [6.45, 7) is 6.63. The van der Waals surface area contributed by atoms with Crippen LogP contribution in [0.5, 0.6) is 0 Å². The van der Waals surface area contributed by atoms with Gasteiger partial charge in [-0.15, -0.1) is 0 Å². The van der Waals surface area contributed by atoms with E-state index in [0.717, 1.165) is 0 Å². The quantitative estimate of drug-likeness (QED) is 0.529. The predicted molar refractivity (Wildman–Crippen MR) is 44.0 cm³/mol. The third-order valence-electron chi connectivity index (χ3n) is 1.58. The van der Waals surface area contributed by atoms with Gasteiger partial charge in [0.2, 0.25) is 0 Å². The van der Waals surface area contributed by atoms with Crippen molar-refractivity contribution >= 4 is 0 Å². The van der Waals surface area contributed by atoms with Crippen LogP contribution in [-0.4, -0.2) is 0 Å². The van der Waals surface area contributed by atoms with E-state index < -0.39 is 0 Å². The minimum Gasteiger partial charge on any atom is -0.184 e. The van der Waals surface area contributed by atoms with Crippen molar-refractivity contribution in [3.63, 3.8) is 0 Å². The third-order valence-corrected chi connectivity index (χ3v) is 1.58. The van der Waals surface area contributed by atoms with E-state index in [4.69, 9.17) is 0 Å². The molecule has 1 aromatic carbocycles. The second-order valence-electron chi connectivity index (χ2n) is 3.54. The summed E-state index contributed by atoms with van der Waals surface area (Å²) in [5.41, 5.74) is 1.64. The van der Waals surface area contributed by atoms with Gasteiger partial charge in [-0.2, -0.15) is 35.9 Å². The Hall–Kier alpha value is 1.03. The molecule has 0 aromatic heterocycles. The normalized spacial score (nSPS) is 10.5. The second-order valence-corrected chi connectivity index (χ2v) is 3.54. The van der Waals surface area contributed by atoms with Crippen molar-refractivity contribution in [3.05, 3.63) is 35.9 Å². The van der Waals surface area contributed by atoms with E-state index in [9.17, 15) is 0 Å². The van der Waals surface area contributed by atoms with Crippen LogP contribution >= 0.6 is 0 Å². The molecule has 11 heavy (non-hydrogen) atoms. The molecule has 0 bridgehead atoms. The van der Waals surface area contributed by atoms with Gasteiger partial charge in [0.1, 0.15) is 0 Å². The van der Waals surface area contributed by atoms with Crippen LogP contribution in [0.1, 0.15) is 26.3 Å². The van der Waals surface area contributed by atoms with E-state index in [1.54, 1.807) is 0 Å². The zero-order valence-corrected chi connectivity index (χ0v) is 12.7. The Labute approximate surface area is 118 Å². The molecule has 0 N–H and O–H groups in total. The molecule has 0 amide bonds. The smallest absolute Gasteiger partial charge is 0.184 e. The van der Waals surface area contributed by atoms with Gasteiger partial charge in [0, 0.05) is 0 Å². The fourth-order valence-corrected chi connectivity index (χ4v) is 0.887. The Balaban J connectivity index is 0.000001000. The number of benzene rings is 1. The van der Waals surface area contributed by atoms with Crippen molar-refractivity contribution in [3.8, 4) is 0 Å². The van der Waals surface area contributed by atoms with Crippen LogP contribution in [0.4, 0.5) is 0 Å². The zero-order chi connectivity index (χ0) is 7.61. The zero-order valence-electron chi connectivity index (χ0n) is 7.81. The predicted octanol–water partition coefficient (Wildman–Crippen LogP) is -0.212. The maximum absolute atomic E-state index is 3.00. The van der Waals surface area contributed by atoms with E-state index in [-0.39, 0.29) is 63.6 Å². The van der Waals surface area contributed by atoms with Gasteiger partial charge in [-0.05, 0) is 5.41 Å². The van der Waals surface area contributed by atoms with Gasteiger partial charge in [0.05, 0.1) is 0 Å². The molecule has 0 heterocycles. The molecule has 1 aromatic rings. The van der Waals surface area contributed by atoms with Gasteiger partial charge < -0.3 is 0 Å². The monoisotopic (exact) mass is 218 g/mol. The van der Waals surface area contributed by atoms with Crippen LogP contribution in [0, 0.1) is 6.07 Å². The van der Waals surface area contributed by atoms with E-state index in [1.807, 2.05) is 12.1 Å². The SMILES string of the molecule is CC(C)(C)c1cc[c-]cc1.[Rb+]. The molecule has 0 unspecified atom stereocenters. The first kappa shape index (κ1) is 12.0. The minimum atomic E-state index is 0. The molecule has 0 spiro atoms. The van der Waals surface area contributed by atoms with E-state index >= 15 is 0 Å². The van der Waals surface area contributed by atoms with Gasteiger partial charge in [-0.25, -0.2) is 0 Å². The van der Waals surface area contributed by atoms with Crippen molar-refractivity contribution in [1.82, 2.24) is 0 Å². The van der Waals surface area contributed by atoms with Crippen LogP contribution in [0.2, 0.25) is 0 Å². The summed E-state index contributed by atoms with van der Waals surface area (Å²) in [5, 5.41) is 0. The van der Waals surface area contributed by atoms with Crippen LogP contribution in [0.25, 0.3) is 0 Å². The van der Waals surface area contributed by atoms with Gasteiger partial charge in [0.15, 0.2) is 0 Å². The first-order chi connectivity index (χ1) is 4.61. The summed E-state index contributed by atoms with van der Waals surface area (Å²) in [6.07, 6.45) is 0. The molecule has 0 nitrogen and oxygen atoms in total. The maximum atomic E-state index is 3.00. The number of rotatable bonds is 0. The summed E-state index contributed by atoms with van der Waals surface area (Å²) >= 11 is 0. The standard InChI is InChI=1S/C10H13.Rb/c1-10(2,3)9-7-5-4-6-8-9;/h5-8H,1-3H3;/q-1;+1.